The molecule has 0 unspecified atom stereocenters. The standard InChI is InChI=1S/C25H32N2O5S2/c1-3-15-24-17-26(33(29,30)21-11-7-5-8-12-21)19-25(16-4-2,23(24)28)20-27(18-24)34(31,32)22-13-9-6-10-14-22/h5-14H,3-4,15-20H2,1-2H3. The minimum Gasteiger partial charge on any atom is -0.298 e. The monoisotopic (exact) mass is 504 g/mol. The third-order valence-corrected chi connectivity index (χ3v) is 10.7. The van der Waals surface area contributed by atoms with Crippen molar-refractivity contribution in [2.24, 2.45) is 10.8 Å². The summed E-state index contributed by atoms with van der Waals surface area (Å²) in [5.74, 6) is 0.0164. The van der Waals surface area contributed by atoms with E-state index < -0.39 is 30.9 Å². The first-order chi connectivity index (χ1) is 16.1. The molecule has 0 saturated carbocycles. The van der Waals surface area contributed by atoms with E-state index in [2.05, 4.69) is 0 Å². The Balaban J connectivity index is 1.81. The Morgan fingerprint density at radius 2 is 0.971 bits per heavy atom. The van der Waals surface area contributed by atoms with Gasteiger partial charge in [0.2, 0.25) is 20.0 Å². The molecule has 0 amide bonds. The van der Waals surface area contributed by atoms with E-state index >= 15 is 0 Å². The van der Waals surface area contributed by atoms with Gasteiger partial charge in [-0.1, -0.05) is 63.1 Å². The maximum Gasteiger partial charge on any atom is 0.243 e. The van der Waals surface area contributed by atoms with E-state index in [-0.39, 0.29) is 41.8 Å². The second-order valence-corrected chi connectivity index (χ2v) is 13.4. The molecule has 0 aliphatic carbocycles. The number of Topliss-reactive ketones (excluding diaryl/α,β-unsaturated/α-hetero) is 1. The number of sulfonamides is 2. The SMILES string of the molecule is CCCC12CN(S(=O)(=O)c3ccccc3)CC(CCC)(CN(S(=O)(=O)c3ccccc3)C1)C2=O. The molecule has 2 aromatic carbocycles. The summed E-state index contributed by atoms with van der Waals surface area (Å²) in [6.45, 7) is 3.84. The predicted molar refractivity (Wildman–Crippen MR) is 130 cm³/mol. The van der Waals surface area contributed by atoms with Gasteiger partial charge in [-0.25, -0.2) is 16.8 Å². The van der Waals surface area contributed by atoms with E-state index in [0.717, 1.165) is 0 Å². The van der Waals surface area contributed by atoms with Crippen LogP contribution in [0.3, 0.4) is 0 Å². The van der Waals surface area contributed by atoms with Gasteiger partial charge in [0.1, 0.15) is 5.78 Å². The minimum absolute atomic E-state index is 0.0107. The molecule has 0 atom stereocenters. The molecule has 2 heterocycles. The Morgan fingerprint density at radius 3 is 1.26 bits per heavy atom. The number of piperidine rings is 2. The molecule has 184 valence electrons. The third kappa shape index (κ3) is 4.12. The van der Waals surface area contributed by atoms with Crippen molar-refractivity contribution in [1.29, 1.82) is 0 Å². The molecular formula is C25H32N2O5S2. The number of hydrogen-bond donors (Lipinski definition) is 0. The molecule has 0 aromatic heterocycles. The number of fused-ring (bicyclic) bond motifs is 2. The van der Waals surface area contributed by atoms with Crippen LogP contribution in [-0.4, -0.2) is 57.4 Å². The smallest absolute Gasteiger partial charge is 0.243 e. The van der Waals surface area contributed by atoms with E-state index in [1.807, 2.05) is 13.8 Å². The molecule has 4 rings (SSSR count). The average molecular weight is 505 g/mol. The van der Waals surface area contributed by atoms with E-state index in [1.54, 1.807) is 60.7 Å². The Morgan fingerprint density at radius 1 is 0.647 bits per heavy atom. The van der Waals surface area contributed by atoms with Crippen LogP contribution < -0.4 is 0 Å². The molecule has 34 heavy (non-hydrogen) atoms. The van der Waals surface area contributed by atoms with Crippen LogP contribution in [0.15, 0.2) is 70.5 Å². The van der Waals surface area contributed by atoms with Gasteiger partial charge in [-0.15, -0.1) is 0 Å². The van der Waals surface area contributed by atoms with Gasteiger partial charge in [-0.05, 0) is 37.1 Å². The first-order valence-electron chi connectivity index (χ1n) is 11.8. The summed E-state index contributed by atoms with van der Waals surface area (Å²) in [5, 5.41) is 0. The van der Waals surface area contributed by atoms with Gasteiger partial charge < -0.3 is 0 Å². The molecule has 2 bridgehead atoms. The lowest BCUT2D eigenvalue weighted by Gasteiger charge is -2.56. The number of hydrogen-bond acceptors (Lipinski definition) is 5. The highest BCUT2D eigenvalue weighted by Crippen LogP contribution is 2.49. The van der Waals surface area contributed by atoms with Crippen molar-refractivity contribution in [3.63, 3.8) is 0 Å². The molecule has 0 N–H and O–H groups in total. The van der Waals surface area contributed by atoms with Gasteiger partial charge >= 0.3 is 0 Å². The lowest BCUT2D eigenvalue weighted by Crippen LogP contribution is -2.71. The number of carbonyl (C=O) groups excluding carboxylic acids is 1. The summed E-state index contributed by atoms with van der Waals surface area (Å²) in [4.78, 5) is 14.4. The maximum absolute atomic E-state index is 14.0. The predicted octanol–water partition coefficient (Wildman–Crippen LogP) is 3.54. The first-order valence-corrected chi connectivity index (χ1v) is 14.6. The molecule has 0 spiro atoms. The normalized spacial score (nSPS) is 26.5. The number of carbonyl (C=O) groups is 1. The van der Waals surface area contributed by atoms with E-state index in [1.165, 1.54) is 8.61 Å². The fourth-order valence-corrected chi connectivity index (χ4v) is 9.00. The second-order valence-electron chi connectivity index (χ2n) is 9.56. The van der Waals surface area contributed by atoms with Crippen LogP contribution in [0.5, 0.6) is 0 Å². The van der Waals surface area contributed by atoms with Gasteiger partial charge in [-0.2, -0.15) is 8.61 Å². The van der Waals surface area contributed by atoms with Crippen LogP contribution in [0.2, 0.25) is 0 Å². The topological polar surface area (TPSA) is 91.8 Å². The molecule has 2 aliphatic rings. The van der Waals surface area contributed by atoms with Crippen molar-refractivity contribution in [2.45, 2.75) is 49.3 Å². The number of benzene rings is 2. The summed E-state index contributed by atoms with van der Waals surface area (Å²) >= 11 is 0. The van der Waals surface area contributed by atoms with Crippen LogP contribution >= 0.6 is 0 Å². The van der Waals surface area contributed by atoms with Crippen molar-refractivity contribution in [3.05, 3.63) is 60.7 Å². The lowest BCUT2D eigenvalue weighted by molar-refractivity contribution is -0.154. The van der Waals surface area contributed by atoms with Crippen LogP contribution in [0.1, 0.15) is 39.5 Å². The number of rotatable bonds is 8. The highest BCUT2D eigenvalue weighted by molar-refractivity contribution is 7.89. The van der Waals surface area contributed by atoms with Gasteiger partial charge in [0.05, 0.1) is 20.6 Å². The number of ketones is 1. The Labute approximate surface area is 202 Å². The molecule has 7 nitrogen and oxygen atoms in total. The summed E-state index contributed by atoms with van der Waals surface area (Å²) in [6, 6.07) is 16.5. The summed E-state index contributed by atoms with van der Waals surface area (Å²) in [5.41, 5.74) is -2.16. The highest BCUT2D eigenvalue weighted by atomic mass is 32.2. The zero-order valence-corrected chi connectivity index (χ0v) is 21.3. The lowest BCUT2D eigenvalue weighted by atomic mass is 9.60. The van der Waals surface area contributed by atoms with Crippen molar-refractivity contribution >= 4 is 25.8 Å². The number of nitrogens with zero attached hydrogens (tertiary/aromatic N) is 2. The van der Waals surface area contributed by atoms with Gasteiger partial charge in [-0.3, -0.25) is 4.79 Å². The van der Waals surface area contributed by atoms with Crippen LogP contribution in [0.4, 0.5) is 0 Å². The van der Waals surface area contributed by atoms with E-state index in [4.69, 9.17) is 0 Å². The fourth-order valence-electron chi connectivity index (χ4n) is 5.74. The van der Waals surface area contributed by atoms with Crippen LogP contribution in [-0.2, 0) is 24.8 Å². The molecular weight excluding hydrogens is 472 g/mol. The Bertz CT molecular complexity index is 1140. The van der Waals surface area contributed by atoms with Gasteiger partial charge in [0.25, 0.3) is 0 Å². The largest absolute Gasteiger partial charge is 0.298 e. The zero-order chi connectivity index (χ0) is 24.6. The molecule has 2 fully saturated rings. The average Bonchev–Trinajstić information content (AvgIpc) is 2.82. The van der Waals surface area contributed by atoms with Gasteiger partial charge in [0, 0.05) is 26.2 Å². The fraction of sp³-hybridized carbons (Fsp3) is 0.480. The molecule has 0 radical (unpaired) electrons. The Hall–Kier alpha value is -2.07. The van der Waals surface area contributed by atoms with Crippen molar-refractivity contribution in [3.8, 4) is 0 Å². The quantitative estimate of drug-likeness (QED) is 0.548. The summed E-state index contributed by atoms with van der Waals surface area (Å²) < 4.78 is 57.3. The van der Waals surface area contributed by atoms with E-state index in [9.17, 15) is 21.6 Å². The molecule has 2 aliphatic heterocycles. The van der Waals surface area contributed by atoms with E-state index in [0.29, 0.717) is 25.7 Å². The summed E-state index contributed by atoms with van der Waals surface area (Å²) in [6.07, 6.45) is 2.15. The molecule has 2 saturated heterocycles. The highest BCUT2D eigenvalue weighted by Gasteiger charge is 2.62. The summed E-state index contributed by atoms with van der Waals surface area (Å²) in [7, 11) is -7.66. The van der Waals surface area contributed by atoms with Crippen molar-refractivity contribution in [2.75, 3.05) is 26.2 Å². The van der Waals surface area contributed by atoms with Gasteiger partial charge in [0.15, 0.2) is 0 Å². The van der Waals surface area contributed by atoms with Crippen molar-refractivity contribution in [1.82, 2.24) is 8.61 Å². The Kier molecular flexibility index (Phi) is 6.76. The first kappa shape index (κ1) is 25.0. The second kappa shape index (κ2) is 9.18. The minimum atomic E-state index is -3.83. The zero-order valence-electron chi connectivity index (χ0n) is 19.7. The maximum atomic E-state index is 14.0. The molecule has 2 aromatic rings. The molecule has 9 heteroatoms. The third-order valence-electron chi connectivity index (χ3n) is 7.10. The van der Waals surface area contributed by atoms with Crippen LogP contribution in [0, 0.1) is 10.8 Å². The van der Waals surface area contributed by atoms with Crippen LogP contribution in [0.25, 0.3) is 0 Å². The van der Waals surface area contributed by atoms with Crippen molar-refractivity contribution < 1.29 is 21.6 Å².